The van der Waals surface area contributed by atoms with E-state index in [1.165, 1.54) is 135 Å². The first kappa shape index (κ1) is 77.0. The van der Waals surface area contributed by atoms with Crippen LogP contribution in [-0.4, -0.2) is 103 Å². The van der Waals surface area contributed by atoms with Crippen LogP contribution >= 0.6 is 0 Å². The molecule has 566 valence electrons. The Kier molecular flexibility index (Phi) is 24.1. The lowest BCUT2D eigenvalue weighted by molar-refractivity contribution is -0.231. The van der Waals surface area contributed by atoms with E-state index in [0.717, 1.165) is 122 Å². The summed E-state index contributed by atoms with van der Waals surface area (Å²) >= 11 is 0. The minimum absolute atomic E-state index is 0.171. The van der Waals surface area contributed by atoms with Gasteiger partial charge in [0, 0.05) is 40.5 Å². The average molecular weight is 1390 g/mol. The number of nitriles is 1. The molecule has 2 aromatic heterocycles. The lowest BCUT2D eigenvalue weighted by Gasteiger charge is -2.65. The van der Waals surface area contributed by atoms with Crippen LogP contribution in [0.3, 0.4) is 0 Å². The molecule has 15 heteroatoms. The Labute approximate surface area is 607 Å². The van der Waals surface area contributed by atoms with Crippen LogP contribution in [0.15, 0.2) is 0 Å². The standard InChI is InChI=1S/C30H52N4O2.C29H49NO2.C26H44N4O2/c1-8-21-25-17-19(2)13-15-30(25,5)24-14-16-29(4)22(20(3)9-12-26-31-32-33-34(26)6)10-11-23(29)27(24)28(21)36-18-35-7;1-7-21-25-17-19(2)12-14-29(25,5)24-13-15-28(4)22(20(3)9-8-16-30)10-11-23(28)26(24)27(21)32-18-31-6;1-5-17-21-14-16(31)10-12-26(21,4)20-11-13-25(3)18(7-8-19(25)23(20)24(17)32)15(2)6-9-22-27-29-30-28-22/h19-25,27-28H,8-18H2,1-7H3;19-27H,7-15,17-18H2,1-6H3;15-21,23-24,31-32H,5-14H2,1-4H3,(H,27,28,29,30)/t19-,20-,21-,22-,23?,24?,25+,27?,28-,29-,30-;19-,20-,21-,22-,23?,24?,25+,26?,27-,28-,29-;15-,16-,17-,18-,19?,20?,21+,23?,24-,25-,26-/m111/s1. The summed E-state index contributed by atoms with van der Waals surface area (Å²) in [6, 6.07) is 2.40. The van der Waals surface area contributed by atoms with Gasteiger partial charge in [0.2, 0.25) is 0 Å². The van der Waals surface area contributed by atoms with Gasteiger partial charge in [-0.05, 0) is 320 Å². The van der Waals surface area contributed by atoms with Crippen molar-refractivity contribution in [2.75, 3.05) is 27.8 Å². The highest BCUT2D eigenvalue weighted by Gasteiger charge is 2.69. The fourth-order valence-electron chi connectivity index (χ4n) is 30.3. The lowest BCUT2D eigenvalue weighted by Crippen LogP contribution is -2.62. The van der Waals surface area contributed by atoms with Gasteiger partial charge in [-0.1, -0.05) is 134 Å². The molecule has 0 saturated heterocycles. The maximum Gasteiger partial charge on any atom is 0.174 e. The fraction of sp³-hybridized carbons (Fsp3) is 0.965. The van der Waals surface area contributed by atoms with E-state index in [0.29, 0.717) is 136 Å². The Hall–Kier alpha value is -2.61. The molecule has 12 aliphatic carbocycles. The number of hydrogen-bond donors (Lipinski definition) is 3. The predicted molar refractivity (Wildman–Crippen MR) is 395 cm³/mol. The van der Waals surface area contributed by atoms with Crippen molar-refractivity contribution in [2.24, 2.45) is 176 Å². The topological polar surface area (TPSA) is 199 Å². The van der Waals surface area contributed by atoms with Gasteiger partial charge >= 0.3 is 0 Å². The summed E-state index contributed by atoms with van der Waals surface area (Å²) in [5, 5.41) is 58.2. The Morgan fingerprint density at radius 3 is 1.37 bits per heavy atom. The molecule has 0 bridgehead atoms. The van der Waals surface area contributed by atoms with Crippen LogP contribution in [0.4, 0.5) is 0 Å². The SMILES string of the molecule is CC[C@H]1[C@@H](O)C2C3CC[C@H]([C@H](C)CCc4nn[nH]n4)[C@@]3(C)CCC2[C@@]2(C)CC[C@@H](O)C[C@@H]12.CC[C@H]1[C@@H](OCOC)C2C3CC[C@H]([C@H](C)CCC#N)[C@@]3(C)CCC2[C@@]2(C)CC[C@@H](C)C[C@@H]12.CC[C@H]1[C@@H](OCOC)C2C3CC[C@H]([C@H](C)CCc4nnnn4C)[C@@]3(C)CCC2[C@@]2(C)CC[C@@H](C)C[C@@H]12. The van der Waals surface area contributed by atoms with Gasteiger partial charge < -0.3 is 29.2 Å². The smallest absolute Gasteiger partial charge is 0.174 e. The number of ether oxygens (including phenoxy) is 4. The number of nitrogens with zero attached hydrogens (tertiary/aromatic N) is 8. The van der Waals surface area contributed by atoms with E-state index in [4.69, 9.17) is 24.2 Å². The number of aromatic nitrogens is 8. The summed E-state index contributed by atoms with van der Waals surface area (Å²) in [7, 11) is 5.53. The van der Waals surface area contributed by atoms with Crippen molar-refractivity contribution in [3.63, 3.8) is 0 Å². The molecule has 2 heterocycles. The van der Waals surface area contributed by atoms with Crippen molar-refractivity contribution >= 4 is 0 Å². The van der Waals surface area contributed by atoms with E-state index in [1.807, 2.05) is 11.7 Å². The molecule has 0 radical (unpaired) electrons. The maximum absolute atomic E-state index is 11.8. The zero-order valence-electron chi connectivity index (χ0n) is 66.3. The van der Waals surface area contributed by atoms with Crippen molar-refractivity contribution in [1.29, 1.82) is 5.26 Å². The molecule has 12 aliphatic rings. The molecule has 12 saturated carbocycles. The van der Waals surface area contributed by atoms with Gasteiger partial charge in [0.05, 0.1) is 30.5 Å². The molecule has 2 aromatic rings. The largest absolute Gasteiger partial charge is 0.393 e. The van der Waals surface area contributed by atoms with E-state index in [-0.39, 0.29) is 17.6 Å². The first-order valence-electron chi connectivity index (χ1n) is 42.2. The Morgan fingerprint density at radius 1 is 0.520 bits per heavy atom. The first-order chi connectivity index (χ1) is 47.8. The summed E-state index contributed by atoms with van der Waals surface area (Å²) in [4.78, 5) is 0. The van der Waals surface area contributed by atoms with Crippen molar-refractivity contribution in [2.45, 2.75) is 314 Å². The Morgan fingerprint density at radius 2 is 0.940 bits per heavy atom. The zero-order chi connectivity index (χ0) is 71.4. The van der Waals surface area contributed by atoms with Crippen molar-refractivity contribution in [3.05, 3.63) is 11.6 Å². The third kappa shape index (κ3) is 13.7. The third-order valence-corrected chi connectivity index (χ3v) is 35.2. The molecule has 33 atom stereocenters. The quantitative estimate of drug-likeness (QED) is 0.106. The fourth-order valence-corrected chi connectivity index (χ4v) is 30.3. The summed E-state index contributed by atoms with van der Waals surface area (Å²) < 4.78 is 26.3. The number of H-pyrrole nitrogens is 1. The normalized spacial score (nSPS) is 47.6. The third-order valence-electron chi connectivity index (χ3n) is 35.2. The highest BCUT2D eigenvalue weighted by atomic mass is 16.7. The van der Waals surface area contributed by atoms with Crippen LogP contribution < -0.4 is 0 Å². The number of aryl methyl sites for hydroxylation is 3. The van der Waals surface area contributed by atoms with Crippen LogP contribution in [0, 0.1) is 180 Å². The number of tetrazole rings is 2. The van der Waals surface area contributed by atoms with Gasteiger partial charge in [0.25, 0.3) is 0 Å². The van der Waals surface area contributed by atoms with Crippen LogP contribution in [0.1, 0.15) is 288 Å². The minimum Gasteiger partial charge on any atom is -0.393 e. The van der Waals surface area contributed by atoms with Gasteiger partial charge in [-0.2, -0.15) is 10.5 Å². The molecule has 15 nitrogen and oxygen atoms in total. The molecule has 0 spiro atoms. The second kappa shape index (κ2) is 31.3. The number of aliphatic hydroxyl groups is 2. The molecular formula is C85H145N9O6. The van der Waals surface area contributed by atoms with Gasteiger partial charge in [0.15, 0.2) is 11.6 Å². The number of methoxy groups -OCH3 is 2. The number of nitrogens with one attached hydrogen (secondary N) is 1. The average Bonchev–Trinajstić information content (AvgIpc) is 1.27. The molecule has 9 unspecified atom stereocenters. The second-order valence-corrected chi connectivity index (χ2v) is 39.1. The predicted octanol–water partition coefficient (Wildman–Crippen LogP) is 18.2. The molecule has 0 amide bonds. The van der Waals surface area contributed by atoms with Gasteiger partial charge in [0.1, 0.15) is 13.6 Å². The number of aliphatic hydroxyl groups excluding tert-OH is 2. The maximum atomic E-state index is 11.8. The molecule has 0 aromatic carbocycles. The van der Waals surface area contributed by atoms with Crippen molar-refractivity contribution in [3.8, 4) is 6.07 Å². The van der Waals surface area contributed by atoms with E-state index in [2.05, 4.69) is 139 Å². The highest BCUT2D eigenvalue weighted by Crippen LogP contribution is 2.74. The highest BCUT2D eigenvalue weighted by molar-refractivity contribution is 5.18. The zero-order valence-corrected chi connectivity index (χ0v) is 66.3. The second-order valence-electron chi connectivity index (χ2n) is 39.1. The summed E-state index contributed by atoms with van der Waals surface area (Å²) in [5.74, 6) is 17.7. The number of fused-ring (bicyclic) bond motifs is 15. The monoisotopic (exact) mass is 1390 g/mol. The Balaban J connectivity index is 0.000000143. The van der Waals surface area contributed by atoms with Crippen LogP contribution in [-0.2, 0) is 38.8 Å². The van der Waals surface area contributed by atoms with E-state index in [9.17, 15) is 10.2 Å². The number of rotatable bonds is 20. The molecule has 12 fully saturated rings. The van der Waals surface area contributed by atoms with Crippen LogP contribution in [0.25, 0.3) is 0 Å². The summed E-state index contributed by atoms with van der Waals surface area (Å²) in [5.41, 5.74) is 2.40. The molecule has 3 N–H and O–H groups in total. The van der Waals surface area contributed by atoms with E-state index >= 15 is 0 Å². The summed E-state index contributed by atoms with van der Waals surface area (Å²) in [6.45, 7) is 36.1. The molecule has 0 aliphatic heterocycles. The van der Waals surface area contributed by atoms with Crippen molar-refractivity contribution in [1.82, 2.24) is 40.8 Å². The van der Waals surface area contributed by atoms with Crippen molar-refractivity contribution < 1.29 is 29.2 Å². The van der Waals surface area contributed by atoms with E-state index in [1.54, 1.807) is 14.2 Å². The van der Waals surface area contributed by atoms with Gasteiger partial charge in [-0.3, -0.25) is 0 Å². The van der Waals surface area contributed by atoms with Gasteiger partial charge in [-0.15, -0.1) is 15.3 Å². The van der Waals surface area contributed by atoms with Crippen LogP contribution in [0.2, 0.25) is 0 Å². The first-order valence-corrected chi connectivity index (χ1v) is 42.2. The molecule has 14 rings (SSSR count). The van der Waals surface area contributed by atoms with Gasteiger partial charge in [-0.25, -0.2) is 4.68 Å². The number of aromatic amines is 1. The minimum atomic E-state index is -0.202. The Bertz CT molecular complexity index is 2980. The summed E-state index contributed by atoms with van der Waals surface area (Å²) in [6.07, 6.45) is 37.3. The van der Waals surface area contributed by atoms with Crippen LogP contribution in [0.5, 0.6) is 0 Å². The lowest BCUT2D eigenvalue weighted by atomic mass is 9.41. The van der Waals surface area contributed by atoms with E-state index < -0.39 is 0 Å². The molecule has 100 heavy (non-hydrogen) atoms. The number of hydrogen-bond acceptors (Lipinski definition) is 13. The molecular weight excluding hydrogens is 1240 g/mol.